The third-order valence-electron chi connectivity index (χ3n) is 3.87. The molecule has 1 saturated heterocycles. The van der Waals surface area contributed by atoms with Gasteiger partial charge in [0.25, 0.3) is 0 Å². The Labute approximate surface area is 115 Å². The summed E-state index contributed by atoms with van der Waals surface area (Å²) in [6.07, 6.45) is 4.27. The molecule has 0 bridgehead atoms. The van der Waals surface area contributed by atoms with E-state index in [0.717, 1.165) is 25.4 Å². The van der Waals surface area contributed by atoms with Crippen molar-refractivity contribution in [3.63, 3.8) is 0 Å². The lowest BCUT2D eigenvalue weighted by Gasteiger charge is -2.28. The van der Waals surface area contributed by atoms with Gasteiger partial charge in [0, 0.05) is 25.0 Å². The van der Waals surface area contributed by atoms with Crippen LogP contribution >= 0.6 is 0 Å². The lowest BCUT2D eigenvalue weighted by molar-refractivity contribution is 0.334. The van der Waals surface area contributed by atoms with Crippen molar-refractivity contribution in [3.8, 4) is 5.75 Å². The number of hydrogen-bond acceptors (Lipinski definition) is 4. The number of nitrogens with one attached hydrogen (secondary N) is 1. The molecule has 1 aliphatic rings. The third-order valence-corrected chi connectivity index (χ3v) is 3.87. The van der Waals surface area contributed by atoms with Gasteiger partial charge in [0.05, 0.1) is 25.5 Å². The Morgan fingerprint density at radius 2 is 2.26 bits per heavy atom. The second kappa shape index (κ2) is 6.39. The van der Waals surface area contributed by atoms with E-state index in [1.165, 1.54) is 18.5 Å². The molecule has 0 aromatic carbocycles. The average molecular weight is 266 g/mol. The Kier molecular flexibility index (Phi) is 4.82. The molecular formula is C14H26N4O. The molecule has 1 aromatic rings. The van der Waals surface area contributed by atoms with Crippen LogP contribution in [-0.4, -0.2) is 55.0 Å². The van der Waals surface area contributed by atoms with E-state index in [9.17, 15) is 0 Å². The predicted octanol–water partition coefficient (Wildman–Crippen LogP) is 1.31. The number of rotatable bonds is 5. The smallest absolute Gasteiger partial charge is 0.160 e. The maximum atomic E-state index is 5.49. The summed E-state index contributed by atoms with van der Waals surface area (Å²) in [5.74, 6) is 1.44. The maximum Gasteiger partial charge on any atom is 0.160 e. The first-order valence-electron chi connectivity index (χ1n) is 7.09. The first-order valence-corrected chi connectivity index (χ1v) is 7.09. The third kappa shape index (κ3) is 3.48. The van der Waals surface area contributed by atoms with Crippen molar-refractivity contribution in [2.45, 2.75) is 38.3 Å². The fourth-order valence-corrected chi connectivity index (χ4v) is 2.65. The van der Waals surface area contributed by atoms with Gasteiger partial charge in [0.1, 0.15) is 0 Å². The van der Waals surface area contributed by atoms with E-state index in [4.69, 9.17) is 4.74 Å². The van der Waals surface area contributed by atoms with Crippen LogP contribution < -0.4 is 10.1 Å². The highest BCUT2D eigenvalue weighted by atomic mass is 16.5. The molecule has 2 rings (SSSR count). The first-order chi connectivity index (χ1) is 9.11. The minimum absolute atomic E-state index is 0.510. The van der Waals surface area contributed by atoms with Crippen molar-refractivity contribution in [1.29, 1.82) is 0 Å². The van der Waals surface area contributed by atoms with Gasteiger partial charge in [-0.15, -0.1) is 0 Å². The maximum absolute atomic E-state index is 5.49. The lowest BCUT2D eigenvalue weighted by Crippen LogP contribution is -2.36. The van der Waals surface area contributed by atoms with E-state index in [1.54, 1.807) is 7.11 Å². The Morgan fingerprint density at radius 1 is 1.47 bits per heavy atom. The summed E-state index contributed by atoms with van der Waals surface area (Å²) in [4.78, 5) is 2.18. The molecule has 2 heterocycles. The van der Waals surface area contributed by atoms with Gasteiger partial charge in [-0.1, -0.05) is 0 Å². The number of hydrogen-bond donors (Lipinski definition) is 1. The molecule has 5 nitrogen and oxygen atoms in total. The molecular weight excluding hydrogens is 240 g/mol. The first kappa shape index (κ1) is 14.3. The van der Waals surface area contributed by atoms with E-state index in [1.807, 2.05) is 6.20 Å². The molecule has 0 aliphatic carbocycles. The molecule has 0 radical (unpaired) electrons. The number of likely N-dealkylation sites (N-methyl/N-ethyl adjacent to an activating group) is 1. The van der Waals surface area contributed by atoms with Crippen LogP contribution in [0.3, 0.4) is 0 Å². The zero-order valence-electron chi connectivity index (χ0n) is 12.5. The van der Waals surface area contributed by atoms with Crippen LogP contribution in [0.5, 0.6) is 5.75 Å². The monoisotopic (exact) mass is 266 g/mol. The topological polar surface area (TPSA) is 42.3 Å². The predicted molar refractivity (Wildman–Crippen MR) is 76.8 cm³/mol. The minimum Gasteiger partial charge on any atom is -0.493 e. The molecule has 1 aromatic heterocycles. The van der Waals surface area contributed by atoms with Gasteiger partial charge >= 0.3 is 0 Å². The lowest BCUT2D eigenvalue weighted by atomic mass is 9.92. The SMILES string of the molecule is COc1cnn(CCN(C)C)c1C1CCC(C)NC1. The van der Waals surface area contributed by atoms with Gasteiger partial charge < -0.3 is 15.0 Å². The van der Waals surface area contributed by atoms with Crippen molar-refractivity contribution in [2.75, 3.05) is 34.3 Å². The highest BCUT2D eigenvalue weighted by Crippen LogP contribution is 2.32. The molecule has 2 atom stereocenters. The summed E-state index contributed by atoms with van der Waals surface area (Å²) in [6, 6.07) is 0.625. The fraction of sp³-hybridized carbons (Fsp3) is 0.786. The second-order valence-electron chi connectivity index (χ2n) is 5.71. The summed E-state index contributed by atoms with van der Waals surface area (Å²) in [5, 5.41) is 8.05. The van der Waals surface area contributed by atoms with Crippen molar-refractivity contribution in [1.82, 2.24) is 20.0 Å². The van der Waals surface area contributed by atoms with Crippen LogP contribution in [0.2, 0.25) is 0 Å². The van der Waals surface area contributed by atoms with E-state index >= 15 is 0 Å². The van der Waals surface area contributed by atoms with E-state index in [-0.39, 0.29) is 0 Å². The summed E-state index contributed by atoms with van der Waals surface area (Å²) in [6.45, 7) is 5.17. The summed E-state index contributed by atoms with van der Waals surface area (Å²) in [5.41, 5.74) is 1.25. The summed E-state index contributed by atoms with van der Waals surface area (Å²) >= 11 is 0. The zero-order valence-corrected chi connectivity index (χ0v) is 12.5. The highest BCUT2D eigenvalue weighted by molar-refractivity contribution is 5.29. The molecule has 1 aliphatic heterocycles. The Hall–Kier alpha value is -1.07. The van der Waals surface area contributed by atoms with Crippen molar-refractivity contribution < 1.29 is 4.74 Å². The molecule has 5 heteroatoms. The van der Waals surface area contributed by atoms with Crippen LogP contribution in [0.25, 0.3) is 0 Å². The number of methoxy groups -OCH3 is 1. The summed E-state index contributed by atoms with van der Waals surface area (Å²) in [7, 11) is 5.91. The molecule has 1 N–H and O–H groups in total. The number of aromatic nitrogens is 2. The Bertz CT molecular complexity index is 394. The van der Waals surface area contributed by atoms with Crippen molar-refractivity contribution in [3.05, 3.63) is 11.9 Å². The second-order valence-corrected chi connectivity index (χ2v) is 5.71. The highest BCUT2D eigenvalue weighted by Gasteiger charge is 2.25. The van der Waals surface area contributed by atoms with Crippen molar-refractivity contribution in [2.24, 2.45) is 0 Å². The quantitative estimate of drug-likeness (QED) is 0.872. The van der Waals surface area contributed by atoms with E-state index in [0.29, 0.717) is 12.0 Å². The van der Waals surface area contributed by atoms with Gasteiger partial charge in [0.15, 0.2) is 5.75 Å². The zero-order chi connectivity index (χ0) is 13.8. The van der Waals surface area contributed by atoms with Crippen molar-refractivity contribution >= 4 is 0 Å². The molecule has 1 fully saturated rings. The Morgan fingerprint density at radius 3 is 2.84 bits per heavy atom. The van der Waals surface area contributed by atoms with Crippen LogP contribution in [0, 0.1) is 0 Å². The molecule has 19 heavy (non-hydrogen) atoms. The number of ether oxygens (including phenoxy) is 1. The average Bonchev–Trinajstić information content (AvgIpc) is 2.80. The van der Waals surface area contributed by atoms with Gasteiger partial charge in [0.2, 0.25) is 0 Å². The standard InChI is InChI=1S/C14H26N4O/c1-11-5-6-12(9-15-11)14-13(19-4)10-16-18(14)8-7-17(2)3/h10-12,15H,5-9H2,1-4H3. The van der Waals surface area contributed by atoms with Crippen LogP contribution in [0.15, 0.2) is 6.20 Å². The van der Waals surface area contributed by atoms with Crippen LogP contribution in [0.1, 0.15) is 31.4 Å². The van der Waals surface area contributed by atoms with Gasteiger partial charge in [-0.3, -0.25) is 4.68 Å². The molecule has 0 saturated carbocycles. The molecule has 0 amide bonds. The molecule has 2 unspecified atom stereocenters. The van der Waals surface area contributed by atoms with Gasteiger partial charge in [-0.2, -0.15) is 5.10 Å². The van der Waals surface area contributed by atoms with Gasteiger partial charge in [-0.25, -0.2) is 0 Å². The van der Waals surface area contributed by atoms with E-state index in [2.05, 4.69) is 41.0 Å². The fourth-order valence-electron chi connectivity index (χ4n) is 2.65. The minimum atomic E-state index is 0.510. The van der Waals surface area contributed by atoms with Crippen LogP contribution in [0.4, 0.5) is 0 Å². The number of piperidine rings is 1. The van der Waals surface area contributed by atoms with Gasteiger partial charge in [-0.05, 0) is 33.9 Å². The number of nitrogens with zero attached hydrogens (tertiary/aromatic N) is 3. The molecule has 108 valence electrons. The Balaban J connectivity index is 2.14. The summed E-state index contributed by atoms with van der Waals surface area (Å²) < 4.78 is 7.60. The molecule has 0 spiro atoms. The largest absolute Gasteiger partial charge is 0.493 e. The van der Waals surface area contributed by atoms with Crippen LogP contribution in [-0.2, 0) is 6.54 Å². The normalized spacial score (nSPS) is 23.8. The van der Waals surface area contributed by atoms with E-state index < -0.39 is 0 Å².